The molecule has 12 heavy (non-hydrogen) atoms. The maximum Gasteiger partial charge on any atom is 0.118 e. The number of aliphatic hydroxyl groups is 1. The number of hydrogen-bond donors (Lipinski definition) is 3. The quantitative estimate of drug-likeness (QED) is 0.443. The van der Waals surface area contributed by atoms with Gasteiger partial charge in [0.05, 0.1) is 5.88 Å². The van der Waals surface area contributed by atoms with E-state index in [1.165, 1.54) is 6.42 Å². The lowest BCUT2D eigenvalue weighted by Crippen LogP contribution is -2.48. The number of aliphatic hydroxyl groups excluding tert-OH is 1. The molecule has 2 unspecified atom stereocenters. The molecule has 0 aliphatic carbocycles. The summed E-state index contributed by atoms with van der Waals surface area (Å²) >= 11 is 5.45. The first kappa shape index (κ1) is 10.3. The lowest BCUT2D eigenvalue weighted by atomic mass is 10.0. The van der Waals surface area contributed by atoms with Gasteiger partial charge in [-0.2, -0.15) is 0 Å². The van der Waals surface area contributed by atoms with E-state index in [2.05, 4.69) is 17.6 Å². The zero-order valence-electron chi connectivity index (χ0n) is 7.44. The summed E-state index contributed by atoms with van der Waals surface area (Å²) in [5, 5.41) is 15.5. The van der Waals surface area contributed by atoms with E-state index >= 15 is 0 Å². The molecule has 0 bridgehead atoms. The second-order valence-corrected chi connectivity index (χ2v) is 3.95. The molecule has 72 valence electrons. The molecular formula is C8H17ClN2O. The maximum atomic E-state index is 9.16. The SMILES string of the molecule is CC1(CNC(O)CCl)CCCN1. The smallest absolute Gasteiger partial charge is 0.118 e. The summed E-state index contributed by atoms with van der Waals surface area (Å²) in [6.07, 6.45) is 1.80. The van der Waals surface area contributed by atoms with Gasteiger partial charge >= 0.3 is 0 Å². The van der Waals surface area contributed by atoms with Gasteiger partial charge in [-0.15, -0.1) is 11.6 Å². The summed E-state index contributed by atoms with van der Waals surface area (Å²) in [5.74, 6) is 0.246. The van der Waals surface area contributed by atoms with Crippen LogP contribution in [0.3, 0.4) is 0 Å². The van der Waals surface area contributed by atoms with Crippen molar-refractivity contribution < 1.29 is 5.11 Å². The Hall–Kier alpha value is 0.170. The lowest BCUT2D eigenvalue weighted by molar-refractivity contribution is 0.148. The number of hydrogen-bond acceptors (Lipinski definition) is 3. The molecule has 1 fully saturated rings. The first-order chi connectivity index (χ1) is 5.66. The molecular weight excluding hydrogens is 176 g/mol. The molecule has 3 N–H and O–H groups in total. The third kappa shape index (κ3) is 2.90. The van der Waals surface area contributed by atoms with Crippen molar-refractivity contribution in [3.05, 3.63) is 0 Å². The van der Waals surface area contributed by atoms with Crippen molar-refractivity contribution in [2.75, 3.05) is 19.0 Å². The van der Waals surface area contributed by atoms with E-state index in [-0.39, 0.29) is 11.4 Å². The molecule has 0 spiro atoms. The van der Waals surface area contributed by atoms with Crippen LogP contribution in [-0.2, 0) is 0 Å². The van der Waals surface area contributed by atoms with E-state index < -0.39 is 6.23 Å². The molecule has 4 heteroatoms. The minimum absolute atomic E-state index is 0.146. The highest BCUT2D eigenvalue weighted by molar-refractivity contribution is 6.18. The van der Waals surface area contributed by atoms with Crippen LogP contribution in [0.2, 0.25) is 0 Å². The highest BCUT2D eigenvalue weighted by Crippen LogP contribution is 2.17. The van der Waals surface area contributed by atoms with Gasteiger partial charge < -0.3 is 10.4 Å². The fraction of sp³-hybridized carbons (Fsp3) is 1.00. The first-order valence-electron chi connectivity index (χ1n) is 4.39. The predicted molar refractivity (Wildman–Crippen MR) is 50.4 cm³/mol. The maximum absolute atomic E-state index is 9.16. The van der Waals surface area contributed by atoms with Crippen molar-refractivity contribution in [1.29, 1.82) is 0 Å². The number of nitrogens with one attached hydrogen (secondary N) is 2. The van der Waals surface area contributed by atoms with Gasteiger partial charge in [0.1, 0.15) is 6.23 Å². The molecule has 1 aliphatic heterocycles. The van der Waals surface area contributed by atoms with Crippen LogP contribution in [0.25, 0.3) is 0 Å². The topological polar surface area (TPSA) is 44.3 Å². The Kier molecular flexibility index (Phi) is 3.77. The largest absolute Gasteiger partial charge is 0.377 e. The van der Waals surface area contributed by atoms with Gasteiger partial charge in [-0.3, -0.25) is 5.32 Å². The standard InChI is InChI=1S/C8H17ClN2O/c1-8(3-2-4-11-8)6-10-7(12)5-9/h7,10-12H,2-6H2,1H3. The Morgan fingerprint density at radius 2 is 2.50 bits per heavy atom. The van der Waals surface area contributed by atoms with Gasteiger partial charge in [-0.25, -0.2) is 0 Å². The summed E-state index contributed by atoms with van der Waals surface area (Å²) in [4.78, 5) is 0. The van der Waals surface area contributed by atoms with Crippen LogP contribution in [-0.4, -0.2) is 35.8 Å². The van der Waals surface area contributed by atoms with Crippen molar-refractivity contribution in [1.82, 2.24) is 10.6 Å². The highest BCUT2D eigenvalue weighted by Gasteiger charge is 2.27. The zero-order valence-corrected chi connectivity index (χ0v) is 8.19. The average molecular weight is 193 g/mol. The molecule has 1 aliphatic rings. The summed E-state index contributed by atoms with van der Waals surface area (Å²) in [6.45, 7) is 4.02. The molecule has 1 rings (SSSR count). The first-order valence-corrected chi connectivity index (χ1v) is 4.92. The molecule has 2 atom stereocenters. The van der Waals surface area contributed by atoms with Crippen molar-refractivity contribution in [2.24, 2.45) is 0 Å². The van der Waals surface area contributed by atoms with Crippen molar-refractivity contribution in [3.8, 4) is 0 Å². The molecule has 1 heterocycles. The van der Waals surface area contributed by atoms with Crippen LogP contribution >= 0.6 is 11.6 Å². The molecule has 3 nitrogen and oxygen atoms in total. The second kappa shape index (κ2) is 4.42. The van der Waals surface area contributed by atoms with E-state index in [1.807, 2.05) is 0 Å². The van der Waals surface area contributed by atoms with Gasteiger partial charge in [-0.05, 0) is 26.3 Å². The van der Waals surface area contributed by atoms with Crippen LogP contribution in [0.4, 0.5) is 0 Å². The van der Waals surface area contributed by atoms with Crippen molar-refractivity contribution in [3.63, 3.8) is 0 Å². The van der Waals surface area contributed by atoms with Crippen LogP contribution in [0.15, 0.2) is 0 Å². The summed E-state index contributed by atoms with van der Waals surface area (Å²) in [7, 11) is 0. The van der Waals surface area contributed by atoms with Gasteiger partial charge in [0.25, 0.3) is 0 Å². The Labute approximate surface area is 78.5 Å². The fourth-order valence-corrected chi connectivity index (χ4v) is 1.61. The third-order valence-electron chi connectivity index (χ3n) is 2.33. The minimum Gasteiger partial charge on any atom is -0.377 e. The number of rotatable bonds is 4. The van der Waals surface area contributed by atoms with E-state index in [1.54, 1.807) is 0 Å². The normalized spacial score (nSPS) is 32.2. The van der Waals surface area contributed by atoms with Crippen LogP contribution < -0.4 is 10.6 Å². The van der Waals surface area contributed by atoms with Gasteiger partial charge in [0.15, 0.2) is 0 Å². The van der Waals surface area contributed by atoms with Crippen LogP contribution in [0.5, 0.6) is 0 Å². The fourth-order valence-electron chi connectivity index (χ4n) is 1.51. The molecule has 0 saturated carbocycles. The lowest BCUT2D eigenvalue weighted by Gasteiger charge is -2.25. The summed E-state index contributed by atoms with van der Waals surface area (Å²) < 4.78 is 0. The van der Waals surface area contributed by atoms with Crippen LogP contribution in [0, 0.1) is 0 Å². The summed E-state index contributed by atoms with van der Waals surface area (Å²) in [5.41, 5.74) is 0.146. The average Bonchev–Trinajstić information content (AvgIpc) is 2.49. The van der Waals surface area contributed by atoms with Gasteiger partial charge in [0.2, 0.25) is 0 Å². The Bertz CT molecular complexity index is 137. The van der Waals surface area contributed by atoms with Gasteiger partial charge in [-0.1, -0.05) is 0 Å². The monoisotopic (exact) mass is 192 g/mol. The van der Waals surface area contributed by atoms with E-state index in [4.69, 9.17) is 16.7 Å². The van der Waals surface area contributed by atoms with E-state index in [9.17, 15) is 0 Å². The molecule has 0 radical (unpaired) electrons. The second-order valence-electron chi connectivity index (χ2n) is 3.64. The molecule has 0 amide bonds. The Balaban J connectivity index is 2.21. The molecule has 0 aromatic heterocycles. The summed E-state index contributed by atoms with van der Waals surface area (Å²) in [6, 6.07) is 0. The zero-order chi connectivity index (χ0) is 9.03. The van der Waals surface area contributed by atoms with Crippen molar-refractivity contribution >= 4 is 11.6 Å². The molecule has 0 aromatic rings. The Morgan fingerprint density at radius 1 is 1.75 bits per heavy atom. The van der Waals surface area contributed by atoms with Crippen LogP contribution in [0.1, 0.15) is 19.8 Å². The molecule has 0 aromatic carbocycles. The number of alkyl halides is 1. The Morgan fingerprint density at radius 3 is 3.00 bits per heavy atom. The molecule has 1 saturated heterocycles. The predicted octanol–water partition coefficient (Wildman–Crippen LogP) is 0.275. The van der Waals surface area contributed by atoms with E-state index in [0.717, 1.165) is 19.5 Å². The number of halogens is 1. The minimum atomic E-state index is -0.578. The van der Waals surface area contributed by atoms with Gasteiger partial charge in [0, 0.05) is 12.1 Å². The third-order valence-corrected chi connectivity index (χ3v) is 2.62. The van der Waals surface area contributed by atoms with E-state index in [0.29, 0.717) is 0 Å². The highest BCUT2D eigenvalue weighted by atomic mass is 35.5. The van der Waals surface area contributed by atoms with Crippen molar-refractivity contribution in [2.45, 2.75) is 31.5 Å².